The van der Waals surface area contributed by atoms with Crippen LogP contribution in [0.2, 0.25) is 0 Å². The van der Waals surface area contributed by atoms with Crippen LogP contribution in [0.4, 0.5) is 0 Å². The number of aliphatic carboxylic acids is 1. The molecule has 0 aliphatic carbocycles. The van der Waals surface area contributed by atoms with E-state index in [9.17, 15) is 9.90 Å². The first kappa shape index (κ1) is 16.0. The normalized spacial score (nSPS) is 20.0. The fourth-order valence-corrected chi connectivity index (χ4v) is 3.08. The molecule has 1 aliphatic heterocycles. The molecule has 1 unspecified atom stereocenters. The van der Waals surface area contributed by atoms with E-state index in [2.05, 4.69) is 37.8 Å². The van der Waals surface area contributed by atoms with Crippen molar-refractivity contribution in [3.05, 3.63) is 35.4 Å². The van der Waals surface area contributed by atoms with Crippen molar-refractivity contribution in [2.75, 3.05) is 13.1 Å². The summed E-state index contributed by atoms with van der Waals surface area (Å²) >= 11 is 0. The maximum Gasteiger partial charge on any atom is 0.328 e. The minimum atomic E-state index is -0.920. The third-order valence-corrected chi connectivity index (χ3v) is 4.72. The molecule has 0 bridgehead atoms. The minimum absolute atomic E-state index is 0.0866. The SMILES string of the molecule is CC(C)(C)c1ccc(C(C)(C(=O)O)N2CCCCC2)cc1. The lowest BCUT2D eigenvalue weighted by molar-refractivity contribution is -0.152. The second kappa shape index (κ2) is 5.80. The Balaban J connectivity index is 2.36. The highest BCUT2D eigenvalue weighted by Crippen LogP contribution is 2.33. The molecule has 3 heteroatoms. The van der Waals surface area contributed by atoms with Gasteiger partial charge in [0.05, 0.1) is 0 Å². The van der Waals surface area contributed by atoms with Gasteiger partial charge in [0.2, 0.25) is 0 Å². The topological polar surface area (TPSA) is 40.5 Å². The van der Waals surface area contributed by atoms with Crippen molar-refractivity contribution >= 4 is 5.97 Å². The van der Waals surface area contributed by atoms with Crippen LogP contribution in [-0.4, -0.2) is 29.1 Å². The van der Waals surface area contributed by atoms with Crippen LogP contribution < -0.4 is 0 Å². The molecular formula is C18H27NO2. The maximum atomic E-state index is 12.0. The number of carbonyl (C=O) groups is 1. The van der Waals surface area contributed by atoms with Gasteiger partial charge in [0.15, 0.2) is 0 Å². The summed E-state index contributed by atoms with van der Waals surface area (Å²) in [6.45, 7) is 10.1. The van der Waals surface area contributed by atoms with Crippen molar-refractivity contribution in [1.29, 1.82) is 0 Å². The third-order valence-electron chi connectivity index (χ3n) is 4.72. The van der Waals surface area contributed by atoms with Gasteiger partial charge in [0.1, 0.15) is 5.54 Å². The molecule has 1 N–H and O–H groups in total. The van der Waals surface area contributed by atoms with Gasteiger partial charge in [-0.25, -0.2) is 4.79 Å². The van der Waals surface area contributed by atoms with E-state index in [1.807, 2.05) is 19.1 Å². The van der Waals surface area contributed by atoms with Crippen molar-refractivity contribution in [3.63, 3.8) is 0 Å². The smallest absolute Gasteiger partial charge is 0.328 e. The molecule has 0 saturated carbocycles. The lowest BCUT2D eigenvalue weighted by atomic mass is 9.83. The van der Waals surface area contributed by atoms with E-state index in [1.165, 1.54) is 12.0 Å². The number of likely N-dealkylation sites (tertiary alicyclic amines) is 1. The summed E-state index contributed by atoms with van der Waals surface area (Å²) in [4.78, 5) is 14.1. The first-order valence-corrected chi connectivity index (χ1v) is 7.86. The summed E-state index contributed by atoms with van der Waals surface area (Å²) in [6.07, 6.45) is 3.38. The molecule has 1 aromatic carbocycles. The van der Waals surface area contributed by atoms with Gasteiger partial charge in [-0.3, -0.25) is 4.90 Å². The van der Waals surface area contributed by atoms with E-state index in [1.54, 1.807) is 0 Å². The molecule has 2 rings (SSSR count). The Morgan fingerprint density at radius 2 is 1.43 bits per heavy atom. The van der Waals surface area contributed by atoms with E-state index < -0.39 is 11.5 Å². The minimum Gasteiger partial charge on any atom is -0.480 e. The summed E-state index contributed by atoms with van der Waals surface area (Å²) in [7, 11) is 0. The lowest BCUT2D eigenvalue weighted by Gasteiger charge is -2.40. The zero-order chi connectivity index (χ0) is 15.7. The van der Waals surface area contributed by atoms with Crippen LogP contribution in [0.25, 0.3) is 0 Å². The molecule has 0 aromatic heterocycles. The van der Waals surface area contributed by atoms with Crippen LogP contribution in [0.3, 0.4) is 0 Å². The second-order valence-electron chi connectivity index (χ2n) is 7.25. The molecule has 0 amide bonds. The fraction of sp³-hybridized carbons (Fsp3) is 0.611. The number of nitrogens with zero attached hydrogens (tertiary/aromatic N) is 1. The number of benzene rings is 1. The van der Waals surface area contributed by atoms with E-state index >= 15 is 0 Å². The molecule has 1 fully saturated rings. The third kappa shape index (κ3) is 3.13. The second-order valence-corrected chi connectivity index (χ2v) is 7.25. The number of hydrogen-bond donors (Lipinski definition) is 1. The molecule has 116 valence electrons. The summed E-state index contributed by atoms with van der Waals surface area (Å²) in [6, 6.07) is 8.12. The molecule has 1 aliphatic rings. The molecule has 1 heterocycles. The highest BCUT2D eigenvalue weighted by atomic mass is 16.4. The summed E-state index contributed by atoms with van der Waals surface area (Å²) < 4.78 is 0. The molecule has 1 atom stereocenters. The van der Waals surface area contributed by atoms with Crippen LogP contribution in [0, 0.1) is 0 Å². The van der Waals surface area contributed by atoms with Crippen LogP contribution in [0.15, 0.2) is 24.3 Å². The number of rotatable bonds is 3. The Hall–Kier alpha value is -1.35. The maximum absolute atomic E-state index is 12.0. The molecule has 0 radical (unpaired) electrons. The van der Waals surface area contributed by atoms with Crippen molar-refractivity contribution in [2.24, 2.45) is 0 Å². The zero-order valence-corrected chi connectivity index (χ0v) is 13.6. The first-order valence-electron chi connectivity index (χ1n) is 7.86. The van der Waals surface area contributed by atoms with Crippen LogP contribution in [-0.2, 0) is 15.7 Å². The molecule has 3 nitrogen and oxygen atoms in total. The van der Waals surface area contributed by atoms with Crippen LogP contribution in [0.5, 0.6) is 0 Å². The van der Waals surface area contributed by atoms with Gasteiger partial charge in [0, 0.05) is 0 Å². The van der Waals surface area contributed by atoms with E-state index in [4.69, 9.17) is 0 Å². The van der Waals surface area contributed by atoms with Gasteiger partial charge >= 0.3 is 5.97 Å². The highest BCUT2D eigenvalue weighted by Gasteiger charge is 2.41. The quantitative estimate of drug-likeness (QED) is 0.921. The number of piperidine rings is 1. The Bertz CT molecular complexity index is 495. The van der Waals surface area contributed by atoms with Crippen molar-refractivity contribution in [2.45, 2.75) is 57.9 Å². The largest absolute Gasteiger partial charge is 0.480 e. The number of carboxylic acid groups (broad SMARTS) is 1. The molecule has 0 spiro atoms. The van der Waals surface area contributed by atoms with Crippen molar-refractivity contribution in [3.8, 4) is 0 Å². The first-order chi connectivity index (χ1) is 9.76. The van der Waals surface area contributed by atoms with Crippen molar-refractivity contribution < 1.29 is 9.90 Å². The molecular weight excluding hydrogens is 262 g/mol. The highest BCUT2D eigenvalue weighted by molar-refractivity contribution is 5.80. The van der Waals surface area contributed by atoms with Gasteiger partial charge in [0.25, 0.3) is 0 Å². The number of carboxylic acids is 1. The van der Waals surface area contributed by atoms with Crippen molar-refractivity contribution in [1.82, 2.24) is 4.90 Å². The fourth-order valence-electron chi connectivity index (χ4n) is 3.08. The summed E-state index contributed by atoms with van der Waals surface area (Å²) in [5.41, 5.74) is 1.28. The van der Waals surface area contributed by atoms with Gasteiger partial charge in [-0.1, -0.05) is 51.5 Å². The molecule has 21 heavy (non-hydrogen) atoms. The Labute approximate surface area is 128 Å². The van der Waals surface area contributed by atoms with E-state index in [-0.39, 0.29) is 5.41 Å². The van der Waals surface area contributed by atoms with E-state index in [0.29, 0.717) is 0 Å². The predicted molar refractivity (Wildman–Crippen MR) is 85.6 cm³/mol. The average Bonchev–Trinajstić information content (AvgIpc) is 2.46. The van der Waals surface area contributed by atoms with Gasteiger partial charge in [-0.05, 0) is 49.4 Å². The summed E-state index contributed by atoms with van der Waals surface area (Å²) in [5, 5.41) is 9.83. The lowest BCUT2D eigenvalue weighted by Crippen LogP contribution is -2.51. The zero-order valence-electron chi connectivity index (χ0n) is 13.6. The summed E-state index contributed by atoms with van der Waals surface area (Å²) in [5.74, 6) is -0.757. The van der Waals surface area contributed by atoms with Gasteiger partial charge in [-0.15, -0.1) is 0 Å². The molecule has 1 saturated heterocycles. The van der Waals surface area contributed by atoms with Crippen LogP contribution >= 0.6 is 0 Å². The molecule has 1 aromatic rings. The Morgan fingerprint density at radius 1 is 0.952 bits per heavy atom. The van der Waals surface area contributed by atoms with Gasteiger partial charge < -0.3 is 5.11 Å². The Kier molecular flexibility index (Phi) is 4.43. The monoisotopic (exact) mass is 289 g/mol. The van der Waals surface area contributed by atoms with E-state index in [0.717, 1.165) is 31.5 Å². The number of hydrogen-bond acceptors (Lipinski definition) is 2. The van der Waals surface area contributed by atoms with Gasteiger partial charge in [-0.2, -0.15) is 0 Å². The standard InChI is InChI=1S/C18H27NO2/c1-17(2,3)14-8-10-15(11-9-14)18(4,16(20)21)19-12-6-5-7-13-19/h8-11H,5-7,12-13H2,1-4H3,(H,20,21). The van der Waals surface area contributed by atoms with Crippen LogP contribution in [0.1, 0.15) is 58.1 Å². The average molecular weight is 289 g/mol. The Morgan fingerprint density at radius 3 is 1.86 bits per heavy atom. The predicted octanol–water partition coefficient (Wildman–Crippen LogP) is 3.77.